The zero-order chi connectivity index (χ0) is 20.5. The van der Waals surface area contributed by atoms with Crippen LogP contribution in [-0.4, -0.2) is 28.3 Å². The Morgan fingerprint density at radius 2 is 1.48 bits per heavy atom. The number of unbranched alkanes of at least 4 members (excludes halogenated alkanes) is 1. The van der Waals surface area contributed by atoms with Crippen LogP contribution in [-0.2, 0) is 6.54 Å². The molecule has 6 nitrogen and oxygen atoms in total. The van der Waals surface area contributed by atoms with Gasteiger partial charge in [-0.05, 0) is 24.1 Å². The van der Waals surface area contributed by atoms with Crippen molar-refractivity contribution in [3.8, 4) is 11.4 Å². The molecule has 0 unspecified atom stereocenters. The maximum Gasteiger partial charge on any atom is 0.254 e. The van der Waals surface area contributed by atoms with Gasteiger partial charge in [0.25, 0.3) is 11.8 Å². The van der Waals surface area contributed by atoms with E-state index < -0.39 is 0 Å². The maximum atomic E-state index is 12.3. The van der Waals surface area contributed by atoms with Crippen LogP contribution < -0.4 is 10.6 Å². The van der Waals surface area contributed by atoms with Gasteiger partial charge in [0.05, 0.1) is 5.56 Å². The van der Waals surface area contributed by atoms with E-state index in [1.54, 1.807) is 12.1 Å². The number of nitrogens with zero attached hydrogens (tertiary/aromatic N) is 2. The van der Waals surface area contributed by atoms with E-state index >= 15 is 0 Å². The van der Waals surface area contributed by atoms with E-state index in [9.17, 15) is 9.59 Å². The van der Waals surface area contributed by atoms with Gasteiger partial charge in [0.2, 0.25) is 0 Å². The lowest BCUT2D eigenvalue weighted by atomic mass is 10.1. The number of benzene rings is 2. The average Bonchev–Trinajstić information content (AvgIpc) is 2.78. The van der Waals surface area contributed by atoms with Crippen LogP contribution in [0.2, 0.25) is 0 Å². The first-order valence-electron chi connectivity index (χ1n) is 9.70. The second kappa shape index (κ2) is 10.1. The average molecular weight is 388 g/mol. The molecule has 6 heteroatoms. The van der Waals surface area contributed by atoms with E-state index in [4.69, 9.17) is 0 Å². The van der Waals surface area contributed by atoms with Gasteiger partial charge in [-0.25, -0.2) is 9.97 Å². The number of aromatic nitrogens is 2. The molecular weight excluding hydrogens is 364 g/mol. The first kappa shape index (κ1) is 20.2. The summed E-state index contributed by atoms with van der Waals surface area (Å²) in [5, 5.41) is 5.73. The van der Waals surface area contributed by atoms with Crippen LogP contribution in [0.4, 0.5) is 0 Å². The third-order valence-electron chi connectivity index (χ3n) is 4.43. The van der Waals surface area contributed by atoms with Crippen molar-refractivity contribution in [1.82, 2.24) is 20.6 Å². The molecule has 29 heavy (non-hydrogen) atoms. The molecule has 0 spiro atoms. The molecule has 0 fully saturated rings. The fourth-order valence-corrected chi connectivity index (χ4v) is 2.72. The number of nitrogens with one attached hydrogen (secondary N) is 2. The molecule has 1 heterocycles. The Hall–Kier alpha value is -3.54. The monoisotopic (exact) mass is 388 g/mol. The van der Waals surface area contributed by atoms with Gasteiger partial charge in [-0.2, -0.15) is 0 Å². The highest BCUT2D eigenvalue weighted by Gasteiger charge is 2.09. The summed E-state index contributed by atoms with van der Waals surface area (Å²) in [6.07, 6.45) is 5.05. The lowest BCUT2D eigenvalue weighted by molar-refractivity contribution is 0.0942. The van der Waals surface area contributed by atoms with Crippen molar-refractivity contribution < 1.29 is 9.59 Å². The van der Waals surface area contributed by atoms with E-state index in [1.165, 1.54) is 12.4 Å². The van der Waals surface area contributed by atoms with Crippen molar-refractivity contribution in [3.63, 3.8) is 0 Å². The van der Waals surface area contributed by atoms with E-state index in [2.05, 4.69) is 27.5 Å². The van der Waals surface area contributed by atoms with Gasteiger partial charge in [-0.3, -0.25) is 9.59 Å². The zero-order valence-electron chi connectivity index (χ0n) is 16.4. The minimum Gasteiger partial charge on any atom is -0.352 e. The van der Waals surface area contributed by atoms with Crippen molar-refractivity contribution in [2.45, 2.75) is 26.3 Å². The molecule has 0 atom stereocenters. The third kappa shape index (κ3) is 5.72. The summed E-state index contributed by atoms with van der Waals surface area (Å²) in [4.78, 5) is 32.9. The predicted molar refractivity (Wildman–Crippen MR) is 112 cm³/mol. The Labute approximate surface area is 170 Å². The lowest BCUT2D eigenvalue weighted by Gasteiger charge is -2.08. The molecule has 3 rings (SSSR count). The molecule has 148 valence electrons. The van der Waals surface area contributed by atoms with Gasteiger partial charge >= 0.3 is 0 Å². The summed E-state index contributed by atoms with van der Waals surface area (Å²) in [5.41, 5.74) is 2.82. The molecule has 1 aromatic heterocycles. The molecule has 0 aliphatic heterocycles. The van der Waals surface area contributed by atoms with Crippen LogP contribution in [0.3, 0.4) is 0 Å². The van der Waals surface area contributed by atoms with Gasteiger partial charge in [0.15, 0.2) is 5.82 Å². The van der Waals surface area contributed by atoms with Gasteiger partial charge in [0.1, 0.15) is 0 Å². The number of carbonyl (C=O) groups is 2. The molecule has 3 aromatic rings. The topological polar surface area (TPSA) is 84.0 Å². The lowest BCUT2D eigenvalue weighted by Crippen LogP contribution is -2.25. The second-order valence-electron chi connectivity index (χ2n) is 6.65. The van der Waals surface area contributed by atoms with Crippen LogP contribution in [0.15, 0.2) is 67.0 Å². The fourth-order valence-electron chi connectivity index (χ4n) is 2.72. The molecule has 0 saturated heterocycles. The number of hydrogen-bond acceptors (Lipinski definition) is 4. The molecule has 2 N–H and O–H groups in total. The van der Waals surface area contributed by atoms with Crippen molar-refractivity contribution in [2.24, 2.45) is 0 Å². The minimum atomic E-state index is -0.244. The fraction of sp³-hybridized carbons (Fsp3) is 0.217. The van der Waals surface area contributed by atoms with E-state index in [0.717, 1.165) is 24.0 Å². The van der Waals surface area contributed by atoms with Crippen LogP contribution in [0.25, 0.3) is 11.4 Å². The molecule has 0 bridgehead atoms. The van der Waals surface area contributed by atoms with Gasteiger partial charge in [-0.15, -0.1) is 0 Å². The third-order valence-corrected chi connectivity index (χ3v) is 4.43. The molecular formula is C23H24N4O2. The Morgan fingerprint density at radius 1 is 0.828 bits per heavy atom. The summed E-state index contributed by atoms with van der Waals surface area (Å²) < 4.78 is 0. The van der Waals surface area contributed by atoms with E-state index in [0.29, 0.717) is 30.0 Å². The van der Waals surface area contributed by atoms with E-state index in [1.807, 2.05) is 42.5 Å². The summed E-state index contributed by atoms with van der Waals surface area (Å²) >= 11 is 0. The number of rotatable bonds is 8. The SMILES string of the molecule is CCCCNC(=O)c1ccc(CNC(=O)c2cnc(-c3ccccc3)nc2)cc1. The molecule has 0 radical (unpaired) electrons. The molecule has 2 aromatic carbocycles. The van der Waals surface area contributed by atoms with Gasteiger partial charge < -0.3 is 10.6 Å². The van der Waals surface area contributed by atoms with Crippen LogP contribution in [0.5, 0.6) is 0 Å². The number of hydrogen-bond donors (Lipinski definition) is 2. The molecule has 2 amide bonds. The van der Waals surface area contributed by atoms with Crippen molar-refractivity contribution >= 4 is 11.8 Å². The minimum absolute atomic E-state index is 0.0790. The number of carbonyl (C=O) groups excluding carboxylic acids is 2. The van der Waals surface area contributed by atoms with Crippen molar-refractivity contribution in [3.05, 3.63) is 83.7 Å². The first-order valence-corrected chi connectivity index (χ1v) is 9.70. The highest BCUT2D eigenvalue weighted by molar-refractivity contribution is 5.94. The highest BCUT2D eigenvalue weighted by atomic mass is 16.2. The van der Waals surface area contributed by atoms with Crippen LogP contribution in [0, 0.1) is 0 Å². The summed E-state index contributed by atoms with van der Waals surface area (Å²) in [6.45, 7) is 3.12. The molecule has 0 aliphatic carbocycles. The standard InChI is InChI=1S/C23H24N4O2/c1-2-3-13-24-22(28)19-11-9-17(10-12-19)14-27-23(29)20-15-25-21(26-16-20)18-7-5-4-6-8-18/h4-12,15-16H,2-3,13-14H2,1H3,(H,24,28)(H,27,29). The van der Waals surface area contributed by atoms with Crippen LogP contribution in [0.1, 0.15) is 46.0 Å². The summed E-state index contributed by atoms with van der Waals surface area (Å²) in [7, 11) is 0. The summed E-state index contributed by atoms with van der Waals surface area (Å²) in [5.74, 6) is 0.255. The Morgan fingerprint density at radius 3 is 2.14 bits per heavy atom. The largest absolute Gasteiger partial charge is 0.352 e. The Balaban J connectivity index is 1.53. The Kier molecular flexibility index (Phi) is 7.05. The van der Waals surface area contributed by atoms with E-state index in [-0.39, 0.29) is 11.8 Å². The van der Waals surface area contributed by atoms with Crippen molar-refractivity contribution in [2.75, 3.05) is 6.54 Å². The van der Waals surface area contributed by atoms with Crippen LogP contribution >= 0.6 is 0 Å². The molecule has 0 aliphatic rings. The van der Waals surface area contributed by atoms with Crippen molar-refractivity contribution in [1.29, 1.82) is 0 Å². The predicted octanol–water partition coefficient (Wildman–Crippen LogP) is 3.60. The Bertz CT molecular complexity index is 939. The quantitative estimate of drug-likeness (QED) is 0.578. The maximum absolute atomic E-state index is 12.3. The second-order valence-corrected chi connectivity index (χ2v) is 6.65. The molecule has 0 saturated carbocycles. The normalized spacial score (nSPS) is 10.4. The first-order chi connectivity index (χ1) is 14.2. The van der Waals surface area contributed by atoms with Gasteiger partial charge in [0, 0.05) is 36.6 Å². The highest BCUT2D eigenvalue weighted by Crippen LogP contribution is 2.13. The number of amides is 2. The smallest absolute Gasteiger partial charge is 0.254 e. The summed E-state index contributed by atoms with van der Waals surface area (Å²) in [6, 6.07) is 16.8. The zero-order valence-corrected chi connectivity index (χ0v) is 16.4. The van der Waals surface area contributed by atoms with Gasteiger partial charge in [-0.1, -0.05) is 55.8 Å².